The lowest BCUT2D eigenvalue weighted by atomic mass is 10.1. The fourth-order valence-electron chi connectivity index (χ4n) is 2.33. The first-order chi connectivity index (χ1) is 12.3. The maximum Gasteiger partial charge on any atom is 0.293 e. The van der Waals surface area contributed by atoms with Crippen molar-refractivity contribution in [1.82, 2.24) is 4.90 Å². The molecule has 0 aromatic heterocycles. The molecule has 0 aliphatic carbocycles. The van der Waals surface area contributed by atoms with E-state index in [1.165, 1.54) is 12.1 Å². The SMILES string of the molecule is O=C1SC(=Cc2cc(F)c(F)c(O)c2F)C(=O)N1Cc1cccc(O)c1. The van der Waals surface area contributed by atoms with E-state index in [1.54, 1.807) is 12.1 Å². The van der Waals surface area contributed by atoms with Crippen LogP contribution in [0.5, 0.6) is 11.5 Å². The quantitative estimate of drug-likeness (QED) is 0.625. The second-order valence-electron chi connectivity index (χ2n) is 5.36. The molecule has 3 rings (SSSR count). The van der Waals surface area contributed by atoms with Gasteiger partial charge in [0.2, 0.25) is 5.82 Å². The maximum atomic E-state index is 13.9. The third kappa shape index (κ3) is 3.25. The zero-order valence-corrected chi connectivity index (χ0v) is 13.7. The zero-order chi connectivity index (χ0) is 19.0. The molecule has 26 heavy (non-hydrogen) atoms. The minimum atomic E-state index is -1.74. The lowest BCUT2D eigenvalue weighted by Crippen LogP contribution is -2.27. The van der Waals surface area contributed by atoms with Crippen LogP contribution in [0.1, 0.15) is 11.1 Å². The third-order valence-corrected chi connectivity index (χ3v) is 4.48. The number of thioether (sulfide) groups is 1. The summed E-state index contributed by atoms with van der Waals surface area (Å²) >= 11 is 0.496. The van der Waals surface area contributed by atoms with Crippen LogP contribution in [0.3, 0.4) is 0 Å². The molecule has 2 amide bonds. The molecule has 1 fully saturated rings. The van der Waals surface area contributed by atoms with Crippen LogP contribution in [-0.2, 0) is 11.3 Å². The molecule has 1 heterocycles. The Labute approximate surface area is 149 Å². The summed E-state index contributed by atoms with van der Waals surface area (Å²) in [6, 6.07) is 6.42. The Morgan fingerprint density at radius 1 is 1.08 bits per heavy atom. The minimum Gasteiger partial charge on any atom is -0.508 e. The van der Waals surface area contributed by atoms with Crippen molar-refractivity contribution in [1.29, 1.82) is 0 Å². The lowest BCUT2D eigenvalue weighted by molar-refractivity contribution is -0.123. The van der Waals surface area contributed by atoms with E-state index < -0.39 is 39.9 Å². The van der Waals surface area contributed by atoms with Crippen molar-refractivity contribution >= 4 is 29.0 Å². The Morgan fingerprint density at radius 3 is 2.50 bits per heavy atom. The van der Waals surface area contributed by atoms with Crippen LogP contribution in [0.2, 0.25) is 0 Å². The summed E-state index contributed by atoms with van der Waals surface area (Å²) in [5.41, 5.74) is -0.0746. The second-order valence-corrected chi connectivity index (χ2v) is 6.36. The predicted molar refractivity (Wildman–Crippen MR) is 87.6 cm³/mol. The lowest BCUT2D eigenvalue weighted by Gasteiger charge is -2.12. The van der Waals surface area contributed by atoms with Crippen LogP contribution in [0, 0.1) is 17.5 Å². The summed E-state index contributed by atoms with van der Waals surface area (Å²) < 4.78 is 40.3. The van der Waals surface area contributed by atoms with Gasteiger partial charge in [-0.3, -0.25) is 14.5 Å². The number of hydrogen-bond acceptors (Lipinski definition) is 5. The number of carbonyl (C=O) groups is 2. The number of carbonyl (C=O) groups excluding carboxylic acids is 2. The molecular weight excluding hydrogens is 371 g/mol. The van der Waals surface area contributed by atoms with E-state index in [9.17, 15) is 33.0 Å². The van der Waals surface area contributed by atoms with E-state index in [0.717, 1.165) is 11.0 Å². The number of amides is 2. The monoisotopic (exact) mass is 381 g/mol. The fourth-order valence-corrected chi connectivity index (χ4v) is 3.16. The number of halogens is 3. The fraction of sp³-hybridized carbons (Fsp3) is 0.0588. The summed E-state index contributed by atoms with van der Waals surface area (Å²) in [5.74, 6) is -6.97. The van der Waals surface area contributed by atoms with Crippen molar-refractivity contribution in [2.45, 2.75) is 6.54 Å². The van der Waals surface area contributed by atoms with E-state index in [1.807, 2.05) is 0 Å². The number of phenols is 2. The Balaban J connectivity index is 1.91. The highest BCUT2D eigenvalue weighted by Gasteiger charge is 2.35. The second kappa shape index (κ2) is 6.75. The van der Waals surface area contributed by atoms with Gasteiger partial charge in [-0.05, 0) is 41.6 Å². The largest absolute Gasteiger partial charge is 0.508 e. The summed E-state index contributed by atoms with van der Waals surface area (Å²) in [6.45, 7) is -0.123. The van der Waals surface area contributed by atoms with Crippen molar-refractivity contribution in [3.05, 3.63) is 63.8 Å². The van der Waals surface area contributed by atoms with Gasteiger partial charge in [0.1, 0.15) is 5.75 Å². The summed E-state index contributed by atoms with van der Waals surface area (Å²) in [6.07, 6.45) is 0.866. The molecule has 134 valence electrons. The highest BCUT2D eigenvalue weighted by atomic mass is 32.2. The van der Waals surface area contributed by atoms with Crippen LogP contribution >= 0.6 is 11.8 Å². The smallest absolute Gasteiger partial charge is 0.293 e. The van der Waals surface area contributed by atoms with E-state index >= 15 is 0 Å². The molecule has 5 nitrogen and oxygen atoms in total. The van der Waals surface area contributed by atoms with Crippen molar-refractivity contribution in [2.24, 2.45) is 0 Å². The highest BCUT2D eigenvalue weighted by Crippen LogP contribution is 2.35. The molecule has 1 aliphatic rings. The van der Waals surface area contributed by atoms with Gasteiger partial charge < -0.3 is 10.2 Å². The van der Waals surface area contributed by atoms with Gasteiger partial charge in [0.25, 0.3) is 11.1 Å². The number of nitrogens with zero attached hydrogens (tertiary/aromatic N) is 1. The molecule has 2 aromatic rings. The van der Waals surface area contributed by atoms with E-state index in [2.05, 4.69) is 0 Å². The molecule has 1 saturated heterocycles. The zero-order valence-electron chi connectivity index (χ0n) is 12.9. The maximum absolute atomic E-state index is 13.9. The number of rotatable bonds is 3. The van der Waals surface area contributed by atoms with Gasteiger partial charge in [-0.2, -0.15) is 4.39 Å². The van der Waals surface area contributed by atoms with Gasteiger partial charge in [0.15, 0.2) is 17.4 Å². The average molecular weight is 381 g/mol. The van der Waals surface area contributed by atoms with Crippen molar-refractivity contribution < 1.29 is 33.0 Å². The summed E-state index contributed by atoms with van der Waals surface area (Å²) in [4.78, 5) is 25.0. The molecule has 1 aliphatic heterocycles. The van der Waals surface area contributed by atoms with Crippen molar-refractivity contribution in [2.75, 3.05) is 0 Å². The third-order valence-electron chi connectivity index (χ3n) is 3.57. The van der Waals surface area contributed by atoms with E-state index in [4.69, 9.17) is 0 Å². The van der Waals surface area contributed by atoms with Gasteiger partial charge in [0, 0.05) is 5.56 Å². The Kier molecular flexibility index (Phi) is 4.64. The molecule has 9 heteroatoms. The van der Waals surface area contributed by atoms with Gasteiger partial charge in [-0.15, -0.1) is 0 Å². The van der Waals surface area contributed by atoms with Gasteiger partial charge >= 0.3 is 0 Å². The summed E-state index contributed by atoms with van der Waals surface area (Å²) in [5, 5.41) is 18.0. The Hall–Kier alpha value is -2.94. The molecule has 0 bridgehead atoms. The van der Waals surface area contributed by atoms with Gasteiger partial charge in [-0.25, -0.2) is 8.78 Å². The highest BCUT2D eigenvalue weighted by molar-refractivity contribution is 8.18. The van der Waals surface area contributed by atoms with Crippen LogP contribution < -0.4 is 0 Å². The van der Waals surface area contributed by atoms with E-state index in [0.29, 0.717) is 23.4 Å². The number of hydrogen-bond donors (Lipinski definition) is 2. The number of imide groups is 1. The Bertz CT molecular complexity index is 961. The first-order valence-corrected chi connectivity index (χ1v) is 7.99. The van der Waals surface area contributed by atoms with Crippen LogP contribution in [-0.4, -0.2) is 26.3 Å². The molecule has 0 radical (unpaired) electrons. The number of benzene rings is 2. The standard InChI is InChI=1S/C17H10F3NO4S/c18-11-5-9(13(19)15(23)14(11)20)6-12-16(24)21(17(25)26-12)7-8-2-1-3-10(22)4-8/h1-6,22-23H,7H2. The number of aromatic hydroxyl groups is 2. The number of phenolic OH excluding ortho intramolecular Hbond substituents is 2. The predicted octanol–water partition coefficient (Wildman–Crippen LogP) is 3.75. The normalized spacial score (nSPS) is 16.0. The average Bonchev–Trinajstić information content (AvgIpc) is 2.85. The molecule has 2 N–H and O–H groups in total. The van der Waals surface area contributed by atoms with Crippen LogP contribution in [0.25, 0.3) is 6.08 Å². The molecule has 2 aromatic carbocycles. The summed E-state index contributed by atoms with van der Waals surface area (Å²) in [7, 11) is 0. The van der Waals surface area contributed by atoms with Crippen LogP contribution in [0.4, 0.5) is 18.0 Å². The molecule has 0 spiro atoms. The van der Waals surface area contributed by atoms with Gasteiger partial charge in [0.05, 0.1) is 11.4 Å². The first-order valence-electron chi connectivity index (χ1n) is 7.17. The van der Waals surface area contributed by atoms with Crippen molar-refractivity contribution in [3.63, 3.8) is 0 Å². The molecular formula is C17H10F3NO4S. The molecule has 0 atom stereocenters. The molecule has 0 saturated carbocycles. The minimum absolute atomic E-state index is 0.0376. The van der Waals surface area contributed by atoms with Crippen LogP contribution in [0.15, 0.2) is 35.2 Å². The molecule has 0 unspecified atom stereocenters. The Morgan fingerprint density at radius 2 is 1.81 bits per heavy atom. The van der Waals surface area contributed by atoms with E-state index in [-0.39, 0.29) is 17.2 Å². The van der Waals surface area contributed by atoms with Gasteiger partial charge in [-0.1, -0.05) is 12.1 Å². The van der Waals surface area contributed by atoms with Crippen molar-refractivity contribution in [3.8, 4) is 11.5 Å². The first kappa shape index (κ1) is 17.9. The topological polar surface area (TPSA) is 77.8 Å².